The zero-order chi connectivity index (χ0) is 54.8. The molecule has 0 radical (unpaired) electrons. The third kappa shape index (κ3) is 16.7. The van der Waals surface area contributed by atoms with Gasteiger partial charge in [0, 0.05) is 75.2 Å². The molecule has 0 aromatic rings. The highest BCUT2D eigenvalue weighted by atomic mass is 16.8. The van der Waals surface area contributed by atoms with E-state index in [-0.39, 0.29) is 0 Å². The molecular weight excluding hydrogens is 984 g/mol. The van der Waals surface area contributed by atoms with Crippen LogP contribution in [-0.4, -0.2) is 189 Å². The van der Waals surface area contributed by atoms with Crippen molar-refractivity contribution in [1.29, 1.82) is 0 Å². The molecule has 27 heteroatoms. The van der Waals surface area contributed by atoms with Crippen LogP contribution >= 0.6 is 0 Å². The van der Waals surface area contributed by atoms with Crippen molar-refractivity contribution in [2.75, 3.05) is 13.2 Å². The van der Waals surface area contributed by atoms with E-state index in [0.717, 1.165) is 69.2 Å². The Labute approximate surface area is 420 Å². The molecule has 27 nitrogen and oxygen atoms in total. The van der Waals surface area contributed by atoms with Crippen LogP contribution in [0.4, 0.5) is 0 Å². The highest BCUT2D eigenvalue weighted by Gasteiger charge is 2.60. The molecule has 4 fully saturated rings. The molecule has 0 spiro atoms. The van der Waals surface area contributed by atoms with Crippen LogP contribution in [0.5, 0.6) is 0 Å². The first-order valence-electron chi connectivity index (χ1n) is 23.3. The van der Waals surface area contributed by atoms with Crippen LogP contribution in [0.3, 0.4) is 0 Å². The second kappa shape index (κ2) is 26.6. The predicted octanol–water partition coefficient (Wildman–Crippen LogP) is 0.360. The second-order valence-corrected chi connectivity index (χ2v) is 17.7. The molecule has 4 heterocycles. The van der Waals surface area contributed by atoms with E-state index in [1.54, 1.807) is 13.8 Å². The minimum absolute atomic E-state index is 0.533. The van der Waals surface area contributed by atoms with Gasteiger partial charge < -0.3 is 80.5 Å². The first-order chi connectivity index (χ1) is 34.1. The lowest BCUT2D eigenvalue weighted by molar-refractivity contribution is -0.388. The van der Waals surface area contributed by atoms with E-state index in [2.05, 4.69) is 0 Å². The lowest BCUT2D eigenvalue weighted by Gasteiger charge is -2.51. The number of hydrogen-bond donors (Lipinski definition) is 0. The number of rotatable bonds is 18. The highest BCUT2D eigenvalue weighted by molar-refractivity contribution is 5.70. The Morgan fingerprint density at radius 2 is 0.575 bits per heavy atom. The summed E-state index contributed by atoms with van der Waals surface area (Å²) in [4.78, 5) is 126. The first kappa shape index (κ1) is 60.0. The van der Waals surface area contributed by atoms with Crippen molar-refractivity contribution < 1.29 is 128 Å². The minimum Gasteiger partial charge on any atom is -0.463 e. The monoisotopic (exact) mass is 1050 g/mol. The van der Waals surface area contributed by atoms with Crippen LogP contribution in [0.25, 0.3) is 0 Å². The highest BCUT2D eigenvalue weighted by Crippen LogP contribution is 2.40. The maximum Gasteiger partial charge on any atom is 0.303 e. The van der Waals surface area contributed by atoms with Crippen molar-refractivity contribution in [1.82, 2.24) is 0 Å². The Hall–Kier alpha value is -5.58. The largest absolute Gasteiger partial charge is 0.463 e. The SMILES string of the molecule is CC(=O)OCC1O[C@@H](O[C@H]2C(COC(C)=O)O[C@@H](C)C(C)[C@H]2O[C@H]2OC(C)[C@@H](OC(C)=O)C(OC(C)=O)[C@@H]2OC(C)=O)C(OC2OC(C)[C@H](OC(C)=O)C(OC(C)=O)[C@@H]2OC(C)=O)[C@@H](OC(C)=O)[C@H]1OC(C)=O. The third-order valence-corrected chi connectivity index (χ3v) is 11.6. The molecule has 4 rings (SSSR count). The molecule has 4 aliphatic heterocycles. The lowest BCUT2D eigenvalue weighted by atomic mass is 9.88. The smallest absolute Gasteiger partial charge is 0.303 e. The van der Waals surface area contributed by atoms with E-state index >= 15 is 0 Å². The molecule has 4 saturated heterocycles. The first-order valence-corrected chi connectivity index (χ1v) is 23.3. The number of esters is 10. The summed E-state index contributed by atoms with van der Waals surface area (Å²) in [5.74, 6) is -9.51. The topological polar surface area (TPSA) is 328 Å². The summed E-state index contributed by atoms with van der Waals surface area (Å²) >= 11 is 0. The Bertz CT molecular complexity index is 2010. The summed E-state index contributed by atoms with van der Waals surface area (Å²) in [6.07, 6.45) is -29.0. The summed E-state index contributed by atoms with van der Waals surface area (Å²) in [5.41, 5.74) is 0. The van der Waals surface area contributed by atoms with Crippen molar-refractivity contribution in [3.63, 3.8) is 0 Å². The zero-order valence-corrected chi connectivity index (χ0v) is 43.0. The molecule has 0 N–H and O–H groups in total. The van der Waals surface area contributed by atoms with Gasteiger partial charge in [0.05, 0.1) is 24.4 Å². The van der Waals surface area contributed by atoms with Crippen LogP contribution in [0, 0.1) is 5.92 Å². The van der Waals surface area contributed by atoms with Crippen LogP contribution in [-0.2, 0) is 128 Å². The Balaban J connectivity index is 1.97. The van der Waals surface area contributed by atoms with Crippen molar-refractivity contribution >= 4 is 59.7 Å². The maximum atomic E-state index is 13.1. The summed E-state index contributed by atoms with van der Waals surface area (Å²) in [5, 5.41) is 0. The van der Waals surface area contributed by atoms with E-state index in [0.29, 0.717) is 0 Å². The van der Waals surface area contributed by atoms with Gasteiger partial charge in [-0.05, 0) is 20.8 Å². The van der Waals surface area contributed by atoms with Gasteiger partial charge in [0.15, 0.2) is 73.8 Å². The molecule has 0 amide bonds. The molecule has 4 aliphatic rings. The van der Waals surface area contributed by atoms with Crippen molar-refractivity contribution in [3.8, 4) is 0 Å². The molecule has 412 valence electrons. The van der Waals surface area contributed by atoms with Crippen LogP contribution in [0.1, 0.15) is 96.9 Å². The van der Waals surface area contributed by atoms with Crippen molar-refractivity contribution in [2.45, 2.75) is 213 Å². The standard InChI is InChI=1S/C46H66O27/c1-17-18(2)59-31(15-57-21(5)47)36(33(17)71-44-41(68-29(13)55)38(65-26(10)52)34(19(3)60-44)62-23(7)49)72-46-43(40(67-28(12)54)37(64-25(9)51)32(70-46)16-58-22(6)48)73-45-42(69-30(14)56)39(66-27(11)53)35(20(4)61-45)63-24(8)50/h17-20,31-46H,15-16H2,1-14H3/t17?,18-,19?,20?,31?,32?,33+,34+,35-,36-,37-,38?,39?,40-,41-,42-,43?,44+,45?,46-/m0/s1. The fraction of sp³-hybridized carbons (Fsp3) is 0.783. The summed E-state index contributed by atoms with van der Waals surface area (Å²) < 4.78 is 101. The second-order valence-electron chi connectivity index (χ2n) is 17.7. The number of ether oxygens (including phenoxy) is 17. The van der Waals surface area contributed by atoms with E-state index < -0.39 is 195 Å². The van der Waals surface area contributed by atoms with Gasteiger partial charge in [-0.3, -0.25) is 47.9 Å². The van der Waals surface area contributed by atoms with E-state index in [1.165, 1.54) is 13.8 Å². The van der Waals surface area contributed by atoms with Gasteiger partial charge >= 0.3 is 59.7 Å². The Kier molecular flexibility index (Phi) is 21.8. The van der Waals surface area contributed by atoms with Crippen molar-refractivity contribution in [2.24, 2.45) is 5.92 Å². The molecule has 9 unspecified atom stereocenters. The van der Waals surface area contributed by atoms with Crippen molar-refractivity contribution in [3.05, 3.63) is 0 Å². The Morgan fingerprint density at radius 1 is 0.288 bits per heavy atom. The number of carbonyl (C=O) groups excluding carboxylic acids is 10. The predicted molar refractivity (Wildman–Crippen MR) is 233 cm³/mol. The number of hydrogen-bond acceptors (Lipinski definition) is 27. The Morgan fingerprint density at radius 3 is 0.945 bits per heavy atom. The van der Waals surface area contributed by atoms with E-state index in [4.69, 9.17) is 80.5 Å². The molecule has 0 aliphatic carbocycles. The fourth-order valence-electron chi connectivity index (χ4n) is 8.70. The van der Waals surface area contributed by atoms with Crippen LogP contribution < -0.4 is 0 Å². The van der Waals surface area contributed by atoms with E-state index in [9.17, 15) is 47.9 Å². The van der Waals surface area contributed by atoms with Gasteiger partial charge in [-0.1, -0.05) is 6.92 Å². The van der Waals surface area contributed by atoms with Gasteiger partial charge in [0.2, 0.25) is 0 Å². The van der Waals surface area contributed by atoms with Gasteiger partial charge in [0.25, 0.3) is 0 Å². The molecule has 0 bridgehead atoms. The minimum atomic E-state index is -1.95. The lowest BCUT2D eigenvalue weighted by Crippen LogP contribution is -2.68. The van der Waals surface area contributed by atoms with Gasteiger partial charge in [0.1, 0.15) is 31.5 Å². The van der Waals surface area contributed by atoms with E-state index in [1.807, 2.05) is 0 Å². The van der Waals surface area contributed by atoms with Gasteiger partial charge in [-0.15, -0.1) is 0 Å². The quantitative estimate of drug-likeness (QED) is 0.132. The number of carbonyl (C=O) groups is 10. The molecule has 0 saturated carbocycles. The van der Waals surface area contributed by atoms with Crippen LogP contribution in [0.15, 0.2) is 0 Å². The third-order valence-electron chi connectivity index (χ3n) is 11.6. The summed E-state index contributed by atoms with van der Waals surface area (Å²) in [7, 11) is 0. The molecule has 0 aromatic carbocycles. The van der Waals surface area contributed by atoms with Crippen LogP contribution in [0.2, 0.25) is 0 Å². The molecule has 73 heavy (non-hydrogen) atoms. The molecule has 0 aromatic heterocycles. The average Bonchev–Trinajstić information content (AvgIpc) is 3.25. The van der Waals surface area contributed by atoms with Gasteiger partial charge in [-0.25, -0.2) is 0 Å². The normalized spacial score (nSPS) is 36.1. The van der Waals surface area contributed by atoms with Gasteiger partial charge in [-0.2, -0.15) is 0 Å². The summed E-state index contributed by atoms with van der Waals surface area (Å²) in [6, 6.07) is 0. The fourth-order valence-corrected chi connectivity index (χ4v) is 8.70. The average molecular weight is 1050 g/mol. The summed E-state index contributed by atoms with van der Waals surface area (Å²) in [6.45, 7) is 15.6. The molecule has 20 atom stereocenters. The zero-order valence-electron chi connectivity index (χ0n) is 43.0. The molecular formula is C46H66O27. The maximum absolute atomic E-state index is 13.1.